The fraction of sp³-hybridized carbons (Fsp3) is 0.500. The molecule has 1 rings (SSSR count). The lowest BCUT2D eigenvalue weighted by atomic mass is 10.1. The van der Waals surface area contributed by atoms with Crippen molar-refractivity contribution in [1.82, 2.24) is 4.90 Å². The first-order valence-corrected chi connectivity index (χ1v) is 6.60. The van der Waals surface area contributed by atoms with Crippen molar-refractivity contribution in [2.24, 2.45) is 5.73 Å². The molecule has 0 aliphatic rings. The van der Waals surface area contributed by atoms with Gasteiger partial charge in [-0.1, -0.05) is 42.5 Å². The summed E-state index contributed by atoms with van der Waals surface area (Å²) in [5, 5.41) is 0. The monoisotopic (exact) mass is 250 g/mol. The molecule has 0 saturated heterocycles. The standard InChI is InChI=1S/C14H22N2S/c1-16(11-6-5-9-14(15)17)12-10-13-7-3-2-4-8-13/h2-4,7-8H,5-6,9-12H2,1H3,(H2,15,17). The molecule has 0 aromatic heterocycles. The van der Waals surface area contributed by atoms with Gasteiger partial charge in [0.15, 0.2) is 0 Å². The Morgan fingerprint density at radius 1 is 1.18 bits per heavy atom. The molecule has 0 aliphatic heterocycles. The van der Waals surface area contributed by atoms with Crippen LogP contribution in [0.1, 0.15) is 24.8 Å². The summed E-state index contributed by atoms with van der Waals surface area (Å²) in [6.07, 6.45) is 4.27. The predicted octanol–water partition coefficient (Wildman–Crippen LogP) is 2.62. The van der Waals surface area contributed by atoms with Gasteiger partial charge in [0.1, 0.15) is 0 Å². The maximum atomic E-state index is 5.46. The maximum absolute atomic E-state index is 5.46. The number of nitrogens with zero attached hydrogens (tertiary/aromatic N) is 1. The normalized spacial score (nSPS) is 10.7. The van der Waals surface area contributed by atoms with Crippen molar-refractivity contribution >= 4 is 17.2 Å². The van der Waals surface area contributed by atoms with E-state index in [0.29, 0.717) is 4.99 Å². The average Bonchev–Trinajstić information content (AvgIpc) is 2.33. The molecule has 0 fully saturated rings. The van der Waals surface area contributed by atoms with Gasteiger partial charge in [0.05, 0.1) is 4.99 Å². The fourth-order valence-corrected chi connectivity index (χ4v) is 1.90. The van der Waals surface area contributed by atoms with Crippen molar-refractivity contribution in [2.75, 3.05) is 20.1 Å². The zero-order valence-corrected chi connectivity index (χ0v) is 11.4. The third kappa shape index (κ3) is 7.08. The van der Waals surface area contributed by atoms with Crippen LogP contribution in [0.5, 0.6) is 0 Å². The average molecular weight is 250 g/mol. The van der Waals surface area contributed by atoms with Gasteiger partial charge in [0.25, 0.3) is 0 Å². The Labute approximate surface area is 110 Å². The van der Waals surface area contributed by atoms with E-state index in [0.717, 1.165) is 32.4 Å². The first-order valence-electron chi connectivity index (χ1n) is 6.19. The van der Waals surface area contributed by atoms with Crippen LogP contribution >= 0.6 is 12.2 Å². The molecule has 3 heteroatoms. The van der Waals surface area contributed by atoms with Crippen molar-refractivity contribution in [2.45, 2.75) is 25.7 Å². The highest BCUT2D eigenvalue weighted by Gasteiger charge is 1.99. The predicted molar refractivity (Wildman–Crippen MR) is 78.3 cm³/mol. The molecule has 0 aliphatic carbocycles. The van der Waals surface area contributed by atoms with Crippen molar-refractivity contribution in [3.8, 4) is 0 Å². The van der Waals surface area contributed by atoms with E-state index >= 15 is 0 Å². The van der Waals surface area contributed by atoms with Crippen LogP contribution < -0.4 is 5.73 Å². The molecule has 0 atom stereocenters. The summed E-state index contributed by atoms with van der Waals surface area (Å²) in [6, 6.07) is 10.6. The first kappa shape index (κ1) is 14.1. The third-order valence-electron chi connectivity index (χ3n) is 2.84. The second-order valence-corrected chi connectivity index (χ2v) is 4.99. The molecule has 17 heavy (non-hydrogen) atoms. The second kappa shape index (κ2) is 8.20. The van der Waals surface area contributed by atoms with Crippen molar-refractivity contribution in [1.29, 1.82) is 0 Å². The van der Waals surface area contributed by atoms with E-state index in [1.807, 2.05) is 0 Å². The minimum absolute atomic E-state index is 0.636. The lowest BCUT2D eigenvalue weighted by Gasteiger charge is -2.16. The Balaban J connectivity index is 2.09. The summed E-state index contributed by atoms with van der Waals surface area (Å²) in [5.41, 5.74) is 6.87. The Kier molecular flexibility index (Phi) is 6.82. The van der Waals surface area contributed by atoms with E-state index in [-0.39, 0.29) is 0 Å². The van der Waals surface area contributed by atoms with Gasteiger partial charge in [-0.2, -0.15) is 0 Å². The topological polar surface area (TPSA) is 29.3 Å². The van der Waals surface area contributed by atoms with E-state index in [1.54, 1.807) is 0 Å². The van der Waals surface area contributed by atoms with Crippen LogP contribution in [0, 0.1) is 0 Å². The molecule has 0 radical (unpaired) electrons. The lowest BCUT2D eigenvalue weighted by Crippen LogP contribution is -2.22. The van der Waals surface area contributed by atoms with Gasteiger partial charge in [0, 0.05) is 6.54 Å². The molecule has 1 aromatic rings. The van der Waals surface area contributed by atoms with Gasteiger partial charge in [0.2, 0.25) is 0 Å². The third-order valence-corrected chi connectivity index (χ3v) is 3.04. The highest BCUT2D eigenvalue weighted by molar-refractivity contribution is 7.80. The maximum Gasteiger partial charge on any atom is 0.0727 e. The molecular weight excluding hydrogens is 228 g/mol. The van der Waals surface area contributed by atoms with Crippen LogP contribution in [0.4, 0.5) is 0 Å². The largest absolute Gasteiger partial charge is 0.393 e. The highest BCUT2D eigenvalue weighted by Crippen LogP contribution is 2.02. The summed E-state index contributed by atoms with van der Waals surface area (Å²) in [5.74, 6) is 0. The van der Waals surface area contributed by atoms with Crippen LogP contribution in [0.15, 0.2) is 30.3 Å². The van der Waals surface area contributed by atoms with E-state index in [9.17, 15) is 0 Å². The molecule has 0 bridgehead atoms. The first-order chi connectivity index (χ1) is 8.18. The number of rotatable bonds is 8. The molecular formula is C14H22N2S. The number of thiocarbonyl (C=S) groups is 1. The number of benzene rings is 1. The van der Waals surface area contributed by atoms with Gasteiger partial charge in [-0.25, -0.2) is 0 Å². The van der Waals surface area contributed by atoms with Gasteiger partial charge in [-0.05, 0) is 44.8 Å². The SMILES string of the molecule is CN(CCCCC(N)=S)CCc1ccccc1. The van der Waals surface area contributed by atoms with Gasteiger partial charge < -0.3 is 10.6 Å². The second-order valence-electron chi connectivity index (χ2n) is 4.46. The molecule has 0 amide bonds. The number of likely N-dealkylation sites (N-methyl/N-ethyl adjacent to an activating group) is 1. The molecule has 2 N–H and O–H groups in total. The lowest BCUT2D eigenvalue weighted by molar-refractivity contribution is 0.331. The number of hydrogen-bond donors (Lipinski definition) is 1. The van der Waals surface area contributed by atoms with E-state index in [4.69, 9.17) is 18.0 Å². The molecule has 0 unspecified atom stereocenters. The Bertz CT molecular complexity index is 324. The molecule has 94 valence electrons. The Morgan fingerprint density at radius 3 is 2.53 bits per heavy atom. The van der Waals surface area contributed by atoms with E-state index in [2.05, 4.69) is 42.3 Å². The molecule has 0 saturated carbocycles. The van der Waals surface area contributed by atoms with Crippen molar-refractivity contribution < 1.29 is 0 Å². The van der Waals surface area contributed by atoms with Crippen LogP contribution in [0.3, 0.4) is 0 Å². The Morgan fingerprint density at radius 2 is 1.88 bits per heavy atom. The summed E-state index contributed by atoms with van der Waals surface area (Å²) < 4.78 is 0. The molecule has 1 aromatic carbocycles. The summed E-state index contributed by atoms with van der Waals surface area (Å²) in [4.78, 5) is 3.00. The quantitative estimate of drug-likeness (QED) is 0.568. The van der Waals surface area contributed by atoms with Crippen molar-refractivity contribution in [3.05, 3.63) is 35.9 Å². The van der Waals surface area contributed by atoms with Gasteiger partial charge >= 0.3 is 0 Å². The smallest absolute Gasteiger partial charge is 0.0727 e. The molecule has 0 spiro atoms. The highest BCUT2D eigenvalue weighted by atomic mass is 32.1. The van der Waals surface area contributed by atoms with Crippen molar-refractivity contribution in [3.63, 3.8) is 0 Å². The van der Waals surface area contributed by atoms with Gasteiger partial charge in [-0.15, -0.1) is 0 Å². The Hall–Kier alpha value is -0.930. The summed E-state index contributed by atoms with van der Waals surface area (Å²) >= 11 is 4.85. The van der Waals surface area contributed by atoms with Crippen LogP contribution in [0.25, 0.3) is 0 Å². The van der Waals surface area contributed by atoms with E-state index in [1.165, 1.54) is 12.0 Å². The minimum Gasteiger partial charge on any atom is -0.393 e. The van der Waals surface area contributed by atoms with E-state index < -0.39 is 0 Å². The molecule has 2 nitrogen and oxygen atoms in total. The van der Waals surface area contributed by atoms with Crippen LogP contribution in [0.2, 0.25) is 0 Å². The summed E-state index contributed by atoms with van der Waals surface area (Å²) in [7, 11) is 2.17. The zero-order chi connectivity index (χ0) is 12.5. The number of unbranched alkanes of at least 4 members (excludes halogenated alkanes) is 1. The summed E-state index contributed by atoms with van der Waals surface area (Å²) in [6.45, 7) is 2.23. The van der Waals surface area contributed by atoms with Crippen LogP contribution in [-0.2, 0) is 6.42 Å². The van der Waals surface area contributed by atoms with Gasteiger partial charge in [-0.3, -0.25) is 0 Å². The number of hydrogen-bond acceptors (Lipinski definition) is 2. The minimum atomic E-state index is 0.636. The number of nitrogens with two attached hydrogens (primary N) is 1. The molecule has 0 heterocycles. The van der Waals surface area contributed by atoms with Crippen LogP contribution in [-0.4, -0.2) is 30.0 Å². The fourth-order valence-electron chi connectivity index (χ4n) is 1.76. The zero-order valence-electron chi connectivity index (χ0n) is 10.6.